The largest absolute Gasteiger partial charge is 0.479 e. The summed E-state index contributed by atoms with van der Waals surface area (Å²) < 4.78 is 6.59. The molecule has 3 heterocycles. The first kappa shape index (κ1) is 15.1. The van der Waals surface area contributed by atoms with E-state index in [1.807, 2.05) is 0 Å². The molecule has 0 bridgehead atoms. The van der Waals surface area contributed by atoms with Crippen molar-refractivity contribution < 1.29 is 24.5 Å². The first-order valence-electron chi connectivity index (χ1n) is 6.74. The summed E-state index contributed by atoms with van der Waals surface area (Å²) >= 11 is 0. The highest BCUT2D eigenvalue weighted by Crippen LogP contribution is 2.19. The van der Waals surface area contributed by atoms with Crippen LogP contribution in [0.5, 0.6) is 0 Å². The molecule has 1 saturated heterocycles. The van der Waals surface area contributed by atoms with Crippen LogP contribution >= 0.6 is 0 Å². The lowest BCUT2D eigenvalue weighted by molar-refractivity contribution is -0.163. The van der Waals surface area contributed by atoms with Crippen molar-refractivity contribution in [2.24, 2.45) is 0 Å². The van der Waals surface area contributed by atoms with Crippen LogP contribution in [0.4, 0.5) is 5.82 Å². The predicted molar refractivity (Wildman–Crippen MR) is 74.9 cm³/mol. The van der Waals surface area contributed by atoms with Crippen molar-refractivity contribution in [1.29, 1.82) is 0 Å². The fourth-order valence-electron chi connectivity index (χ4n) is 2.21. The molecule has 1 unspecified atom stereocenters. The van der Waals surface area contributed by atoms with E-state index >= 15 is 0 Å². The monoisotopic (exact) mass is 319 g/mol. The molecule has 0 spiro atoms. The van der Waals surface area contributed by atoms with Crippen LogP contribution in [0.15, 0.2) is 30.7 Å². The van der Waals surface area contributed by atoms with Gasteiger partial charge in [-0.15, -0.1) is 5.10 Å². The Bertz CT molecular complexity index is 719. The van der Waals surface area contributed by atoms with Gasteiger partial charge in [0.1, 0.15) is 0 Å². The third kappa shape index (κ3) is 2.89. The average molecular weight is 319 g/mol. The van der Waals surface area contributed by atoms with Crippen molar-refractivity contribution in [3.63, 3.8) is 0 Å². The molecule has 2 atom stereocenters. The topological polar surface area (TPSA) is 131 Å². The number of ether oxygens (including phenoxy) is 1. The van der Waals surface area contributed by atoms with Crippen molar-refractivity contribution >= 4 is 17.7 Å². The highest BCUT2D eigenvalue weighted by molar-refractivity contribution is 5.99. The number of hydrogen-bond acceptors (Lipinski definition) is 7. The van der Waals surface area contributed by atoms with Gasteiger partial charge in [0.05, 0.1) is 31.2 Å². The minimum atomic E-state index is -1.92. The Morgan fingerprint density at radius 3 is 2.91 bits per heavy atom. The van der Waals surface area contributed by atoms with E-state index < -0.39 is 24.1 Å². The molecule has 2 N–H and O–H groups in total. The highest BCUT2D eigenvalue weighted by Gasteiger charge is 2.39. The van der Waals surface area contributed by atoms with Crippen molar-refractivity contribution in [3.8, 4) is 5.69 Å². The fourth-order valence-corrected chi connectivity index (χ4v) is 2.21. The van der Waals surface area contributed by atoms with Crippen LogP contribution in [-0.2, 0) is 14.3 Å². The Labute approximate surface area is 129 Å². The number of aliphatic hydroxyl groups is 1. The summed E-state index contributed by atoms with van der Waals surface area (Å²) in [6, 6.07) is 3.30. The van der Waals surface area contributed by atoms with Crippen molar-refractivity contribution in [2.75, 3.05) is 18.1 Å². The van der Waals surface area contributed by atoms with Gasteiger partial charge in [-0.3, -0.25) is 9.69 Å². The zero-order chi connectivity index (χ0) is 16.4. The van der Waals surface area contributed by atoms with E-state index in [4.69, 9.17) is 9.84 Å². The number of carboxylic acid groups (broad SMARTS) is 1. The SMILES string of the molecule is O=C(O)C(O)[C@H]1OCCN(c2ccn(-c3ccnnc3)n2)C1=O. The van der Waals surface area contributed by atoms with Crippen LogP contribution in [0.2, 0.25) is 0 Å². The van der Waals surface area contributed by atoms with Gasteiger partial charge in [-0.1, -0.05) is 0 Å². The number of amides is 1. The van der Waals surface area contributed by atoms with Crippen LogP contribution in [0.25, 0.3) is 5.69 Å². The summed E-state index contributed by atoms with van der Waals surface area (Å²) in [6.07, 6.45) is 1.29. The Hall–Kier alpha value is -2.85. The number of aliphatic carboxylic acids is 1. The maximum atomic E-state index is 12.3. The van der Waals surface area contributed by atoms with E-state index in [1.165, 1.54) is 22.0 Å². The number of nitrogens with zero attached hydrogens (tertiary/aromatic N) is 5. The third-order valence-electron chi connectivity index (χ3n) is 3.35. The summed E-state index contributed by atoms with van der Waals surface area (Å²) in [4.78, 5) is 24.4. The molecule has 2 aromatic heterocycles. The quantitative estimate of drug-likeness (QED) is 0.721. The van der Waals surface area contributed by atoms with Gasteiger partial charge in [-0.25, -0.2) is 9.48 Å². The molecular formula is C13H13N5O5. The fraction of sp³-hybridized carbons (Fsp3) is 0.308. The lowest BCUT2D eigenvalue weighted by atomic mass is 10.1. The molecule has 0 aliphatic carbocycles. The molecule has 120 valence electrons. The Morgan fingerprint density at radius 2 is 2.22 bits per heavy atom. The first-order chi connectivity index (χ1) is 11.1. The molecule has 23 heavy (non-hydrogen) atoms. The minimum absolute atomic E-state index is 0.102. The van der Waals surface area contributed by atoms with Gasteiger partial charge in [0.2, 0.25) is 0 Å². The van der Waals surface area contributed by atoms with E-state index in [-0.39, 0.29) is 13.2 Å². The molecule has 0 aromatic carbocycles. The summed E-state index contributed by atoms with van der Waals surface area (Å²) in [5.41, 5.74) is 0.661. The number of anilines is 1. The standard InChI is InChI=1S/C13H13N5O5/c19-10(13(21)22)11-12(20)17(5-6-23-11)9-2-4-18(16-9)8-1-3-14-15-7-8/h1-4,7,10-11,19H,5-6H2,(H,21,22)/t10?,11-/m1/s1. The van der Waals surface area contributed by atoms with Gasteiger partial charge in [-0.05, 0) is 6.07 Å². The van der Waals surface area contributed by atoms with Gasteiger partial charge in [-0.2, -0.15) is 10.2 Å². The number of aromatic nitrogens is 4. The highest BCUT2D eigenvalue weighted by atomic mass is 16.5. The molecule has 1 aliphatic heterocycles. The summed E-state index contributed by atoms with van der Waals surface area (Å²) in [7, 11) is 0. The lowest BCUT2D eigenvalue weighted by Gasteiger charge is -2.31. The van der Waals surface area contributed by atoms with Gasteiger partial charge in [0.15, 0.2) is 18.0 Å². The van der Waals surface area contributed by atoms with Crippen LogP contribution in [0, 0.1) is 0 Å². The van der Waals surface area contributed by atoms with E-state index in [1.54, 1.807) is 18.3 Å². The molecule has 10 heteroatoms. The predicted octanol–water partition coefficient (Wildman–Crippen LogP) is -1.16. The van der Waals surface area contributed by atoms with E-state index in [2.05, 4.69) is 15.3 Å². The number of aliphatic hydroxyl groups excluding tert-OH is 1. The summed E-state index contributed by atoms with van der Waals surface area (Å²) in [5, 5.41) is 30.1. The maximum Gasteiger partial charge on any atom is 0.335 e. The zero-order valence-corrected chi connectivity index (χ0v) is 11.8. The van der Waals surface area contributed by atoms with E-state index in [0.29, 0.717) is 11.5 Å². The number of carbonyl (C=O) groups is 2. The second kappa shape index (κ2) is 6.10. The van der Waals surface area contributed by atoms with Gasteiger partial charge < -0.3 is 14.9 Å². The molecule has 1 amide bonds. The second-order valence-corrected chi connectivity index (χ2v) is 4.78. The lowest BCUT2D eigenvalue weighted by Crippen LogP contribution is -2.54. The Kier molecular flexibility index (Phi) is 4.00. The molecule has 10 nitrogen and oxygen atoms in total. The number of carboxylic acids is 1. The molecular weight excluding hydrogens is 306 g/mol. The van der Waals surface area contributed by atoms with E-state index in [0.717, 1.165) is 0 Å². The van der Waals surface area contributed by atoms with Crippen LogP contribution < -0.4 is 4.90 Å². The Balaban J connectivity index is 1.83. The van der Waals surface area contributed by atoms with Crippen LogP contribution in [-0.4, -0.2) is 67.4 Å². The molecule has 2 aromatic rings. The van der Waals surface area contributed by atoms with E-state index in [9.17, 15) is 14.7 Å². The van der Waals surface area contributed by atoms with Gasteiger partial charge >= 0.3 is 5.97 Å². The second-order valence-electron chi connectivity index (χ2n) is 4.78. The Morgan fingerprint density at radius 1 is 1.39 bits per heavy atom. The van der Waals surface area contributed by atoms with Gasteiger partial charge in [0.25, 0.3) is 5.91 Å². The normalized spacial score (nSPS) is 19.6. The number of morpholine rings is 1. The molecule has 1 fully saturated rings. The van der Waals surface area contributed by atoms with Crippen LogP contribution in [0.3, 0.4) is 0 Å². The first-order valence-corrected chi connectivity index (χ1v) is 6.74. The van der Waals surface area contributed by atoms with Gasteiger partial charge in [0, 0.05) is 12.3 Å². The molecule has 0 radical (unpaired) electrons. The maximum absolute atomic E-state index is 12.3. The summed E-state index contributed by atoms with van der Waals surface area (Å²) in [6.45, 7) is 0.317. The number of rotatable bonds is 4. The molecule has 0 saturated carbocycles. The molecule has 1 aliphatic rings. The molecule has 3 rings (SSSR count). The third-order valence-corrected chi connectivity index (χ3v) is 3.35. The van der Waals surface area contributed by atoms with Crippen molar-refractivity contribution in [1.82, 2.24) is 20.0 Å². The van der Waals surface area contributed by atoms with Crippen molar-refractivity contribution in [2.45, 2.75) is 12.2 Å². The average Bonchev–Trinajstić information content (AvgIpc) is 3.05. The van der Waals surface area contributed by atoms with Crippen molar-refractivity contribution in [3.05, 3.63) is 30.7 Å². The van der Waals surface area contributed by atoms with Crippen LogP contribution in [0.1, 0.15) is 0 Å². The zero-order valence-electron chi connectivity index (χ0n) is 11.8. The smallest absolute Gasteiger partial charge is 0.335 e. The number of carbonyl (C=O) groups excluding carboxylic acids is 1. The number of hydrogen-bond donors (Lipinski definition) is 2. The summed E-state index contributed by atoms with van der Waals surface area (Å²) in [5.74, 6) is -1.83. The minimum Gasteiger partial charge on any atom is -0.479 e.